The van der Waals surface area contributed by atoms with Gasteiger partial charge in [0, 0.05) is 13.1 Å². The minimum absolute atomic E-state index is 0.826. The van der Waals surface area contributed by atoms with Crippen LogP contribution >= 0.6 is 0 Å². The molecule has 2 heteroatoms. The van der Waals surface area contributed by atoms with Crippen LogP contribution in [0.1, 0.15) is 31.2 Å². The maximum Gasteiger partial charge on any atom is 0.0240 e. The maximum atomic E-state index is 9.26. The number of rotatable bonds is 4. The number of hydroxylamine groups is 2. The lowest BCUT2D eigenvalue weighted by Crippen LogP contribution is -2.30. The number of aryl methyl sites for hydroxylation is 1. The molecule has 1 aliphatic heterocycles. The van der Waals surface area contributed by atoms with Crippen molar-refractivity contribution < 1.29 is 5.21 Å². The van der Waals surface area contributed by atoms with Crippen LogP contribution in [0.3, 0.4) is 0 Å². The van der Waals surface area contributed by atoms with Gasteiger partial charge in [-0.3, -0.25) is 0 Å². The highest BCUT2D eigenvalue weighted by molar-refractivity contribution is 5.14. The first-order valence-electron chi connectivity index (χ1n) is 6.32. The van der Waals surface area contributed by atoms with E-state index in [9.17, 15) is 5.21 Å². The van der Waals surface area contributed by atoms with E-state index in [1.807, 2.05) is 0 Å². The van der Waals surface area contributed by atoms with Crippen molar-refractivity contribution in [2.45, 2.75) is 32.1 Å². The highest BCUT2D eigenvalue weighted by Crippen LogP contribution is 2.21. The molecule has 1 aromatic carbocycles. The Balaban J connectivity index is 1.65. The van der Waals surface area contributed by atoms with Gasteiger partial charge in [0.1, 0.15) is 0 Å². The fourth-order valence-corrected chi connectivity index (χ4v) is 2.45. The first kappa shape index (κ1) is 11.6. The lowest BCUT2D eigenvalue weighted by atomic mass is 9.91. The second kappa shape index (κ2) is 6.02. The molecule has 0 atom stereocenters. The molecule has 2 nitrogen and oxygen atoms in total. The Morgan fingerprint density at radius 2 is 1.81 bits per heavy atom. The van der Waals surface area contributed by atoms with E-state index >= 15 is 0 Å². The van der Waals surface area contributed by atoms with Crippen molar-refractivity contribution >= 4 is 0 Å². The van der Waals surface area contributed by atoms with Crippen LogP contribution in [-0.2, 0) is 6.42 Å². The zero-order valence-corrected chi connectivity index (χ0v) is 9.81. The molecule has 1 saturated heterocycles. The van der Waals surface area contributed by atoms with Gasteiger partial charge in [0.15, 0.2) is 0 Å². The van der Waals surface area contributed by atoms with E-state index in [4.69, 9.17) is 0 Å². The molecule has 1 heterocycles. The Kier molecular flexibility index (Phi) is 4.37. The number of benzene rings is 1. The topological polar surface area (TPSA) is 23.5 Å². The molecular weight excluding hydrogens is 198 g/mol. The number of piperidine rings is 1. The first-order valence-corrected chi connectivity index (χ1v) is 6.32. The van der Waals surface area contributed by atoms with Gasteiger partial charge < -0.3 is 5.21 Å². The zero-order valence-electron chi connectivity index (χ0n) is 9.81. The molecule has 2 rings (SSSR count). The van der Waals surface area contributed by atoms with Gasteiger partial charge in [-0.1, -0.05) is 36.8 Å². The zero-order chi connectivity index (χ0) is 11.2. The van der Waals surface area contributed by atoms with Crippen LogP contribution < -0.4 is 0 Å². The summed E-state index contributed by atoms with van der Waals surface area (Å²) >= 11 is 0. The molecule has 0 bridgehead atoms. The summed E-state index contributed by atoms with van der Waals surface area (Å²) in [6.07, 6.45) is 6.10. The summed E-state index contributed by atoms with van der Waals surface area (Å²) in [6.45, 7) is 1.71. The molecule has 0 radical (unpaired) electrons. The monoisotopic (exact) mass is 219 g/mol. The van der Waals surface area contributed by atoms with E-state index in [-0.39, 0.29) is 0 Å². The largest absolute Gasteiger partial charge is 0.314 e. The van der Waals surface area contributed by atoms with Crippen molar-refractivity contribution in [3.63, 3.8) is 0 Å². The van der Waals surface area contributed by atoms with E-state index in [1.54, 1.807) is 0 Å². The molecule has 16 heavy (non-hydrogen) atoms. The van der Waals surface area contributed by atoms with Gasteiger partial charge in [-0.05, 0) is 37.2 Å². The Bertz CT molecular complexity index is 291. The van der Waals surface area contributed by atoms with E-state index in [0.717, 1.165) is 31.8 Å². The van der Waals surface area contributed by atoms with Crippen molar-refractivity contribution in [3.8, 4) is 0 Å². The van der Waals surface area contributed by atoms with Crippen LogP contribution in [-0.4, -0.2) is 23.4 Å². The van der Waals surface area contributed by atoms with Crippen molar-refractivity contribution in [1.29, 1.82) is 0 Å². The summed E-state index contributed by atoms with van der Waals surface area (Å²) < 4.78 is 0. The first-order chi connectivity index (χ1) is 7.84. The van der Waals surface area contributed by atoms with Gasteiger partial charge in [0.2, 0.25) is 0 Å². The fraction of sp³-hybridized carbons (Fsp3) is 0.571. The van der Waals surface area contributed by atoms with Crippen LogP contribution in [0.5, 0.6) is 0 Å². The second-order valence-corrected chi connectivity index (χ2v) is 4.77. The van der Waals surface area contributed by atoms with Gasteiger partial charge in [0.25, 0.3) is 0 Å². The Labute approximate surface area is 97.9 Å². The van der Waals surface area contributed by atoms with Gasteiger partial charge >= 0.3 is 0 Å². The van der Waals surface area contributed by atoms with Gasteiger partial charge in [0.05, 0.1) is 0 Å². The Hall–Kier alpha value is -0.860. The van der Waals surface area contributed by atoms with E-state index in [1.165, 1.54) is 29.9 Å². The normalized spacial score (nSPS) is 18.8. The predicted molar refractivity (Wildman–Crippen MR) is 65.5 cm³/mol. The molecule has 0 spiro atoms. The Morgan fingerprint density at radius 3 is 2.50 bits per heavy atom. The predicted octanol–water partition coefficient (Wildman–Crippen LogP) is 3.11. The molecule has 1 aromatic rings. The summed E-state index contributed by atoms with van der Waals surface area (Å²) in [6, 6.07) is 10.7. The SMILES string of the molecule is ON1CCC(CCCc2ccccc2)CC1. The number of hydrogen-bond acceptors (Lipinski definition) is 2. The minimum atomic E-state index is 0.826. The molecule has 0 aromatic heterocycles. The lowest BCUT2D eigenvalue weighted by Gasteiger charge is -2.27. The molecule has 88 valence electrons. The molecule has 1 N–H and O–H groups in total. The smallest absolute Gasteiger partial charge is 0.0240 e. The molecular formula is C14H21NO. The van der Waals surface area contributed by atoms with E-state index < -0.39 is 0 Å². The molecule has 0 saturated carbocycles. The van der Waals surface area contributed by atoms with Crippen LogP contribution in [0.4, 0.5) is 0 Å². The van der Waals surface area contributed by atoms with Crippen molar-refractivity contribution in [1.82, 2.24) is 5.06 Å². The van der Waals surface area contributed by atoms with Crippen LogP contribution in [0.2, 0.25) is 0 Å². The highest BCUT2D eigenvalue weighted by Gasteiger charge is 2.16. The van der Waals surface area contributed by atoms with Gasteiger partial charge in [-0.2, -0.15) is 5.06 Å². The summed E-state index contributed by atoms with van der Waals surface area (Å²) in [5.74, 6) is 0.826. The maximum absolute atomic E-state index is 9.26. The molecule has 0 aliphatic carbocycles. The lowest BCUT2D eigenvalue weighted by molar-refractivity contribution is -0.112. The summed E-state index contributed by atoms with van der Waals surface area (Å²) in [5, 5.41) is 10.7. The van der Waals surface area contributed by atoms with E-state index in [0.29, 0.717) is 0 Å². The second-order valence-electron chi connectivity index (χ2n) is 4.77. The van der Waals surface area contributed by atoms with Crippen molar-refractivity contribution in [2.75, 3.05) is 13.1 Å². The highest BCUT2D eigenvalue weighted by atomic mass is 16.5. The molecule has 0 amide bonds. The van der Waals surface area contributed by atoms with Crippen molar-refractivity contribution in [2.24, 2.45) is 5.92 Å². The standard InChI is InChI=1S/C14H21NO/c16-15-11-9-14(10-12-15)8-4-7-13-5-2-1-3-6-13/h1-3,5-6,14,16H,4,7-12H2. The van der Waals surface area contributed by atoms with E-state index in [2.05, 4.69) is 30.3 Å². The third-order valence-corrected chi connectivity index (χ3v) is 3.51. The summed E-state index contributed by atoms with van der Waals surface area (Å²) in [7, 11) is 0. The number of hydrogen-bond donors (Lipinski definition) is 1. The average molecular weight is 219 g/mol. The minimum Gasteiger partial charge on any atom is -0.314 e. The fourth-order valence-electron chi connectivity index (χ4n) is 2.45. The van der Waals surface area contributed by atoms with Gasteiger partial charge in [-0.25, -0.2) is 0 Å². The van der Waals surface area contributed by atoms with Gasteiger partial charge in [-0.15, -0.1) is 0 Å². The summed E-state index contributed by atoms with van der Waals surface area (Å²) in [5.41, 5.74) is 1.45. The van der Waals surface area contributed by atoms with Crippen LogP contribution in [0.15, 0.2) is 30.3 Å². The molecule has 0 unspecified atom stereocenters. The summed E-state index contributed by atoms with van der Waals surface area (Å²) in [4.78, 5) is 0. The third-order valence-electron chi connectivity index (χ3n) is 3.51. The molecule has 1 aliphatic rings. The number of nitrogens with zero attached hydrogens (tertiary/aromatic N) is 1. The third kappa shape index (κ3) is 3.62. The van der Waals surface area contributed by atoms with Crippen LogP contribution in [0.25, 0.3) is 0 Å². The Morgan fingerprint density at radius 1 is 1.12 bits per heavy atom. The van der Waals surface area contributed by atoms with Crippen LogP contribution in [0, 0.1) is 5.92 Å². The van der Waals surface area contributed by atoms with Crippen molar-refractivity contribution in [3.05, 3.63) is 35.9 Å². The molecule has 1 fully saturated rings. The quantitative estimate of drug-likeness (QED) is 0.841. The average Bonchev–Trinajstić information content (AvgIpc) is 2.33.